The largest absolute Gasteiger partial charge is 0.437 e. The monoisotopic (exact) mass is 320 g/mol. The first-order chi connectivity index (χ1) is 10.6. The van der Waals surface area contributed by atoms with Crippen LogP contribution in [0.15, 0.2) is 47.9 Å². The molecule has 0 aliphatic carbocycles. The number of benzene rings is 1. The zero-order valence-corrected chi connectivity index (χ0v) is 11.7. The number of halogens is 1. The van der Waals surface area contributed by atoms with E-state index in [0.717, 1.165) is 6.07 Å². The first kappa shape index (κ1) is 15.4. The van der Waals surface area contributed by atoms with Crippen molar-refractivity contribution in [1.82, 2.24) is 4.98 Å². The average Bonchev–Trinajstić information content (AvgIpc) is 2.50. The van der Waals surface area contributed by atoms with Crippen molar-refractivity contribution >= 4 is 35.3 Å². The van der Waals surface area contributed by atoms with Gasteiger partial charge in [0, 0.05) is 30.1 Å². The molecule has 0 fully saturated rings. The topological polar surface area (TPSA) is 107 Å². The van der Waals surface area contributed by atoms with Gasteiger partial charge >= 0.3 is 6.09 Å². The van der Waals surface area contributed by atoms with E-state index in [1.807, 2.05) is 0 Å². The van der Waals surface area contributed by atoms with Crippen molar-refractivity contribution < 1.29 is 14.6 Å². The number of nitro groups is 1. The summed E-state index contributed by atoms with van der Waals surface area (Å²) >= 11 is 5.83. The number of aromatic nitrogens is 1. The highest BCUT2D eigenvalue weighted by Crippen LogP contribution is 2.26. The quantitative estimate of drug-likeness (QED) is 0.403. The lowest BCUT2D eigenvalue weighted by Crippen LogP contribution is -2.11. The third-order valence-electron chi connectivity index (χ3n) is 2.42. The van der Waals surface area contributed by atoms with E-state index in [1.165, 1.54) is 24.5 Å². The molecule has 9 heteroatoms. The molecule has 112 valence electrons. The van der Waals surface area contributed by atoms with Crippen molar-refractivity contribution in [2.75, 3.05) is 5.32 Å². The Morgan fingerprint density at radius 1 is 1.45 bits per heavy atom. The maximum absolute atomic E-state index is 11.5. The first-order valence-electron chi connectivity index (χ1n) is 5.91. The van der Waals surface area contributed by atoms with Gasteiger partial charge in [0.2, 0.25) is 0 Å². The number of non-ortho nitro benzene ring substituents is 1. The zero-order valence-electron chi connectivity index (χ0n) is 11.0. The summed E-state index contributed by atoms with van der Waals surface area (Å²) in [5, 5.41) is 16.4. The van der Waals surface area contributed by atoms with E-state index >= 15 is 0 Å². The summed E-state index contributed by atoms with van der Waals surface area (Å²) in [5.41, 5.74) is 0.649. The molecule has 1 aromatic carbocycles. The summed E-state index contributed by atoms with van der Waals surface area (Å²) in [6.07, 6.45) is 3.57. The van der Waals surface area contributed by atoms with Gasteiger partial charge in [0.1, 0.15) is 0 Å². The summed E-state index contributed by atoms with van der Waals surface area (Å²) < 4.78 is 0. The van der Waals surface area contributed by atoms with Gasteiger partial charge in [-0.3, -0.25) is 25.3 Å². The Labute approximate surface area is 129 Å². The number of anilines is 1. The highest BCUT2D eigenvalue weighted by atomic mass is 35.5. The van der Waals surface area contributed by atoms with Gasteiger partial charge in [0.05, 0.1) is 21.8 Å². The standard InChI is InChI=1S/C13H9ClN4O4/c14-11-6-10(18(20)21)3-4-12(11)17-13(19)22-16-8-9-2-1-5-15-7-9/h1-8H,(H,17,19)/b16-8-. The highest BCUT2D eigenvalue weighted by molar-refractivity contribution is 6.33. The lowest BCUT2D eigenvalue weighted by molar-refractivity contribution is -0.384. The summed E-state index contributed by atoms with van der Waals surface area (Å²) in [4.78, 5) is 29.9. The third kappa shape index (κ3) is 4.25. The van der Waals surface area contributed by atoms with Gasteiger partial charge in [-0.15, -0.1) is 0 Å². The Bertz CT molecular complexity index is 721. The van der Waals surface area contributed by atoms with Gasteiger partial charge in [-0.2, -0.15) is 0 Å². The third-order valence-corrected chi connectivity index (χ3v) is 2.73. The van der Waals surface area contributed by atoms with Crippen LogP contribution in [0.4, 0.5) is 16.2 Å². The molecule has 0 spiro atoms. The van der Waals surface area contributed by atoms with Crippen molar-refractivity contribution in [3.05, 3.63) is 63.4 Å². The predicted octanol–water partition coefficient (Wildman–Crippen LogP) is 3.23. The van der Waals surface area contributed by atoms with Gasteiger partial charge in [0.25, 0.3) is 5.69 Å². The zero-order chi connectivity index (χ0) is 15.9. The molecule has 0 radical (unpaired) electrons. The summed E-state index contributed by atoms with van der Waals surface area (Å²) in [6, 6.07) is 7.06. The number of hydrogen-bond acceptors (Lipinski definition) is 6. The molecule has 0 aliphatic rings. The van der Waals surface area contributed by atoms with Crippen LogP contribution in [0.25, 0.3) is 0 Å². The second-order valence-corrected chi connectivity index (χ2v) is 4.35. The normalized spacial score (nSPS) is 10.4. The van der Waals surface area contributed by atoms with Crippen molar-refractivity contribution in [2.24, 2.45) is 5.16 Å². The molecule has 2 aromatic rings. The maximum Gasteiger partial charge on any atom is 0.437 e. The van der Waals surface area contributed by atoms with Crippen LogP contribution in [0.3, 0.4) is 0 Å². The Kier molecular flexibility index (Phi) is 4.99. The van der Waals surface area contributed by atoms with E-state index in [4.69, 9.17) is 11.6 Å². The van der Waals surface area contributed by atoms with E-state index < -0.39 is 11.0 Å². The number of hydrogen-bond donors (Lipinski definition) is 1. The molecule has 0 bridgehead atoms. The molecule has 22 heavy (non-hydrogen) atoms. The first-order valence-corrected chi connectivity index (χ1v) is 6.29. The molecule has 1 amide bonds. The van der Waals surface area contributed by atoms with Crippen LogP contribution in [0.5, 0.6) is 0 Å². The van der Waals surface area contributed by atoms with Crippen molar-refractivity contribution in [2.45, 2.75) is 0 Å². The molecular weight excluding hydrogens is 312 g/mol. The van der Waals surface area contributed by atoms with Gasteiger partial charge in [-0.05, 0) is 12.1 Å². The van der Waals surface area contributed by atoms with Crippen LogP contribution in [0.2, 0.25) is 5.02 Å². The molecule has 0 aliphatic heterocycles. The van der Waals surface area contributed by atoms with Crippen LogP contribution >= 0.6 is 11.6 Å². The van der Waals surface area contributed by atoms with Crippen molar-refractivity contribution in [3.63, 3.8) is 0 Å². The average molecular weight is 321 g/mol. The van der Waals surface area contributed by atoms with Gasteiger partial charge in [-0.25, -0.2) is 4.79 Å². The van der Waals surface area contributed by atoms with Crippen LogP contribution in [0.1, 0.15) is 5.56 Å². The molecule has 1 heterocycles. The number of nitrogens with zero attached hydrogens (tertiary/aromatic N) is 3. The van der Waals surface area contributed by atoms with Gasteiger partial charge in [0.15, 0.2) is 0 Å². The van der Waals surface area contributed by atoms with E-state index in [2.05, 4.69) is 20.3 Å². The fraction of sp³-hybridized carbons (Fsp3) is 0. The van der Waals surface area contributed by atoms with Gasteiger partial charge < -0.3 is 0 Å². The van der Waals surface area contributed by atoms with Crippen LogP contribution in [0, 0.1) is 10.1 Å². The number of nitrogens with one attached hydrogen (secondary N) is 1. The molecule has 0 atom stereocenters. The summed E-state index contributed by atoms with van der Waals surface area (Å²) in [7, 11) is 0. The molecule has 1 N–H and O–H groups in total. The number of nitro benzene ring substituents is 1. The fourth-order valence-corrected chi connectivity index (χ4v) is 1.66. The number of carbonyl (C=O) groups excluding carboxylic acids is 1. The molecule has 8 nitrogen and oxygen atoms in total. The number of rotatable bonds is 4. The molecule has 0 saturated heterocycles. The number of amides is 1. The molecule has 1 aromatic heterocycles. The highest BCUT2D eigenvalue weighted by Gasteiger charge is 2.11. The minimum atomic E-state index is -0.879. The van der Waals surface area contributed by atoms with E-state index in [0.29, 0.717) is 5.56 Å². The lowest BCUT2D eigenvalue weighted by Gasteiger charge is -2.04. The van der Waals surface area contributed by atoms with E-state index in [-0.39, 0.29) is 16.4 Å². The van der Waals surface area contributed by atoms with E-state index in [1.54, 1.807) is 18.3 Å². The lowest BCUT2D eigenvalue weighted by atomic mass is 10.3. The van der Waals surface area contributed by atoms with Crippen molar-refractivity contribution in [3.8, 4) is 0 Å². The van der Waals surface area contributed by atoms with Crippen molar-refractivity contribution in [1.29, 1.82) is 0 Å². The molecule has 0 unspecified atom stereocenters. The fourth-order valence-electron chi connectivity index (χ4n) is 1.44. The van der Waals surface area contributed by atoms with Gasteiger partial charge in [-0.1, -0.05) is 22.8 Å². The smallest absolute Gasteiger partial charge is 0.298 e. The second kappa shape index (κ2) is 7.14. The second-order valence-electron chi connectivity index (χ2n) is 3.95. The summed E-state index contributed by atoms with van der Waals surface area (Å²) in [5.74, 6) is 0. The summed E-state index contributed by atoms with van der Waals surface area (Å²) in [6.45, 7) is 0. The minimum absolute atomic E-state index is 0.0161. The molecule has 2 rings (SSSR count). The number of oxime groups is 1. The Balaban J connectivity index is 1.95. The Morgan fingerprint density at radius 3 is 2.91 bits per heavy atom. The minimum Gasteiger partial charge on any atom is -0.298 e. The SMILES string of the molecule is O=C(Nc1ccc([N+](=O)[O-])cc1Cl)O/N=C\c1cccnc1. The Hall–Kier alpha value is -3.00. The van der Waals surface area contributed by atoms with E-state index in [9.17, 15) is 14.9 Å². The maximum atomic E-state index is 11.5. The molecular formula is C13H9ClN4O4. The van der Waals surface area contributed by atoms with Crippen LogP contribution in [-0.2, 0) is 4.84 Å². The number of carbonyl (C=O) groups is 1. The van der Waals surface area contributed by atoms with Crippen LogP contribution in [-0.4, -0.2) is 22.2 Å². The van der Waals surface area contributed by atoms with Crippen LogP contribution < -0.4 is 5.32 Å². The Morgan fingerprint density at radius 2 is 2.27 bits per heavy atom. The number of pyridine rings is 1. The molecule has 0 saturated carbocycles. The predicted molar refractivity (Wildman–Crippen MR) is 80.0 cm³/mol.